The van der Waals surface area contributed by atoms with Gasteiger partial charge in [-0.2, -0.15) is 5.26 Å². The number of anilines is 1. The Bertz CT molecular complexity index is 406. The van der Waals surface area contributed by atoms with Crippen LogP contribution in [0.1, 0.15) is 38.7 Å². The van der Waals surface area contributed by atoms with Crippen molar-refractivity contribution in [3.05, 3.63) is 29.8 Å². The second-order valence-electron chi connectivity index (χ2n) is 5.31. The highest BCUT2D eigenvalue weighted by Crippen LogP contribution is 2.35. The topological polar surface area (TPSA) is 27.0 Å². The van der Waals surface area contributed by atoms with Crippen molar-refractivity contribution in [2.24, 2.45) is 5.41 Å². The van der Waals surface area contributed by atoms with Gasteiger partial charge in [0, 0.05) is 18.8 Å². The van der Waals surface area contributed by atoms with Gasteiger partial charge in [-0.15, -0.1) is 0 Å². The lowest BCUT2D eigenvalue weighted by Crippen LogP contribution is -2.38. The molecule has 1 aromatic rings. The summed E-state index contributed by atoms with van der Waals surface area (Å²) in [6.45, 7) is 6.95. The second kappa shape index (κ2) is 4.79. The summed E-state index contributed by atoms with van der Waals surface area (Å²) in [5, 5.41) is 8.78. The molecule has 0 aliphatic carbocycles. The summed E-state index contributed by atoms with van der Waals surface area (Å²) in [5.41, 5.74) is 2.52. The Kier molecular flexibility index (Phi) is 3.38. The van der Waals surface area contributed by atoms with Gasteiger partial charge in [-0.05, 0) is 42.5 Å². The molecule has 0 amide bonds. The van der Waals surface area contributed by atoms with Crippen molar-refractivity contribution in [2.45, 2.75) is 33.1 Å². The minimum absolute atomic E-state index is 0.531. The monoisotopic (exact) mass is 228 g/mol. The number of benzene rings is 1. The largest absolute Gasteiger partial charge is 0.371 e. The fraction of sp³-hybridized carbons (Fsp3) is 0.533. The molecule has 0 spiro atoms. The normalized spacial score (nSPS) is 18.8. The van der Waals surface area contributed by atoms with E-state index in [2.05, 4.69) is 36.9 Å². The van der Waals surface area contributed by atoms with Crippen LogP contribution in [-0.4, -0.2) is 13.1 Å². The Morgan fingerprint density at radius 3 is 2.29 bits per heavy atom. The van der Waals surface area contributed by atoms with E-state index in [0.29, 0.717) is 5.41 Å². The minimum atomic E-state index is 0.531. The van der Waals surface area contributed by atoms with Gasteiger partial charge in [0.1, 0.15) is 0 Å². The number of rotatable bonds is 2. The van der Waals surface area contributed by atoms with Gasteiger partial charge < -0.3 is 4.90 Å². The van der Waals surface area contributed by atoms with E-state index in [1.54, 1.807) is 0 Å². The van der Waals surface area contributed by atoms with Crippen LogP contribution in [-0.2, 0) is 0 Å². The van der Waals surface area contributed by atoms with Crippen molar-refractivity contribution in [1.82, 2.24) is 0 Å². The predicted octanol–water partition coefficient (Wildman–Crippen LogP) is 3.57. The Balaban J connectivity index is 2.03. The highest BCUT2D eigenvalue weighted by molar-refractivity contribution is 5.50. The first-order chi connectivity index (χ1) is 8.17. The molecule has 2 heteroatoms. The molecule has 0 bridgehead atoms. The van der Waals surface area contributed by atoms with Crippen LogP contribution in [0.5, 0.6) is 0 Å². The van der Waals surface area contributed by atoms with Gasteiger partial charge in [-0.25, -0.2) is 0 Å². The lowest BCUT2D eigenvalue weighted by molar-refractivity contribution is 0.238. The molecule has 17 heavy (non-hydrogen) atoms. The van der Waals surface area contributed by atoms with E-state index < -0.39 is 0 Å². The van der Waals surface area contributed by atoms with Crippen LogP contribution in [0.2, 0.25) is 0 Å². The molecular weight excluding hydrogens is 208 g/mol. The van der Waals surface area contributed by atoms with E-state index in [0.717, 1.165) is 18.7 Å². The van der Waals surface area contributed by atoms with Gasteiger partial charge in [0.2, 0.25) is 0 Å². The average Bonchev–Trinajstić information content (AvgIpc) is 2.40. The molecule has 1 fully saturated rings. The van der Waals surface area contributed by atoms with Gasteiger partial charge in [0.25, 0.3) is 0 Å². The third kappa shape index (κ3) is 2.61. The summed E-state index contributed by atoms with van der Waals surface area (Å²) < 4.78 is 0. The van der Waals surface area contributed by atoms with E-state index in [1.807, 2.05) is 12.1 Å². The van der Waals surface area contributed by atoms with Crippen LogP contribution in [0.15, 0.2) is 24.3 Å². The molecule has 1 aliphatic heterocycles. The Labute approximate surface area is 104 Å². The van der Waals surface area contributed by atoms with Crippen LogP contribution in [0, 0.1) is 16.7 Å². The molecule has 2 rings (SSSR count). The van der Waals surface area contributed by atoms with Crippen molar-refractivity contribution in [1.29, 1.82) is 5.26 Å². The maximum Gasteiger partial charge on any atom is 0.0991 e. The highest BCUT2D eigenvalue weighted by atomic mass is 15.1. The van der Waals surface area contributed by atoms with Crippen molar-refractivity contribution >= 4 is 5.69 Å². The Hall–Kier alpha value is -1.49. The van der Waals surface area contributed by atoms with Gasteiger partial charge in [-0.3, -0.25) is 0 Å². The highest BCUT2D eigenvalue weighted by Gasteiger charge is 2.28. The van der Waals surface area contributed by atoms with Crippen LogP contribution < -0.4 is 4.90 Å². The van der Waals surface area contributed by atoms with Crippen molar-refractivity contribution in [2.75, 3.05) is 18.0 Å². The van der Waals surface area contributed by atoms with E-state index in [9.17, 15) is 0 Å². The molecule has 2 nitrogen and oxygen atoms in total. The first-order valence-corrected chi connectivity index (χ1v) is 6.42. The lowest BCUT2D eigenvalue weighted by atomic mass is 9.78. The number of nitriles is 1. The molecule has 90 valence electrons. The molecule has 0 aromatic heterocycles. The van der Waals surface area contributed by atoms with E-state index in [-0.39, 0.29) is 0 Å². The van der Waals surface area contributed by atoms with Gasteiger partial charge >= 0.3 is 0 Å². The fourth-order valence-electron chi connectivity index (χ4n) is 2.41. The third-order valence-corrected chi connectivity index (χ3v) is 4.19. The van der Waals surface area contributed by atoms with Gasteiger partial charge in [0.15, 0.2) is 0 Å². The Morgan fingerprint density at radius 2 is 1.82 bits per heavy atom. The number of nitrogens with zero attached hydrogens (tertiary/aromatic N) is 2. The fourth-order valence-corrected chi connectivity index (χ4v) is 2.41. The first kappa shape index (κ1) is 12.0. The van der Waals surface area contributed by atoms with Crippen molar-refractivity contribution in [3.8, 4) is 6.07 Å². The molecule has 1 saturated heterocycles. The average molecular weight is 228 g/mol. The molecule has 1 aromatic carbocycles. The maximum atomic E-state index is 8.78. The summed E-state index contributed by atoms with van der Waals surface area (Å²) in [6.07, 6.45) is 3.81. The lowest BCUT2D eigenvalue weighted by Gasteiger charge is -2.40. The molecule has 0 unspecified atom stereocenters. The zero-order valence-corrected chi connectivity index (χ0v) is 10.7. The van der Waals surface area contributed by atoms with Crippen LogP contribution in [0.4, 0.5) is 5.69 Å². The standard InChI is InChI=1S/C15H20N2/c1-3-15(2)8-10-17(11-9-15)14-6-4-13(12-16)5-7-14/h4-7H,3,8-11H2,1-2H3. The Morgan fingerprint density at radius 1 is 1.24 bits per heavy atom. The number of hydrogen-bond donors (Lipinski definition) is 0. The molecule has 0 radical (unpaired) electrons. The zero-order valence-electron chi connectivity index (χ0n) is 10.7. The molecule has 1 heterocycles. The van der Waals surface area contributed by atoms with Crippen LogP contribution in [0.25, 0.3) is 0 Å². The molecule has 1 aliphatic rings. The molecule has 0 atom stereocenters. The summed E-state index contributed by atoms with van der Waals surface area (Å²) >= 11 is 0. The van der Waals surface area contributed by atoms with E-state index in [1.165, 1.54) is 24.9 Å². The maximum absolute atomic E-state index is 8.78. The molecule has 0 saturated carbocycles. The second-order valence-corrected chi connectivity index (χ2v) is 5.31. The number of hydrogen-bond acceptors (Lipinski definition) is 2. The summed E-state index contributed by atoms with van der Waals surface area (Å²) in [6, 6.07) is 10.1. The smallest absolute Gasteiger partial charge is 0.0991 e. The molecular formula is C15H20N2. The minimum Gasteiger partial charge on any atom is -0.371 e. The van der Waals surface area contributed by atoms with E-state index >= 15 is 0 Å². The first-order valence-electron chi connectivity index (χ1n) is 6.42. The van der Waals surface area contributed by atoms with Crippen molar-refractivity contribution in [3.63, 3.8) is 0 Å². The SMILES string of the molecule is CCC1(C)CCN(c2ccc(C#N)cc2)CC1. The zero-order chi connectivity index (χ0) is 12.3. The van der Waals surface area contributed by atoms with E-state index in [4.69, 9.17) is 5.26 Å². The third-order valence-electron chi connectivity index (χ3n) is 4.19. The van der Waals surface area contributed by atoms with Crippen molar-refractivity contribution < 1.29 is 0 Å². The van der Waals surface area contributed by atoms with Gasteiger partial charge in [0.05, 0.1) is 11.6 Å². The summed E-state index contributed by atoms with van der Waals surface area (Å²) in [4.78, 5) is 2.43. The summed E-state index contributed by atoms with van der Waals surface area (Å²) in [7, 11) is 0. The quantitative estimate of drug-likeness (QED) is 0.773. The predicted molar refractivity (Wildman–Crippen MR) is 71.0 cm³/mol. The van der Waals surface area contributed by atoms with Crippen LogP contribution >= 0.6 is 0 Å². The van der Waals surface area contributed by atoms with Gasteiger partial charge in [-0.1, -0.05) is 20.3 Å². The van der Waals surface area contributed by atoms with Crippen LogP contribution in [0.3, 0.4) is 0 Å². The molecule has 0 N–H and O–H groups in total. The number of piperidine rings is 1. The summed E-state index contributed by atoms with van der Waals surface area (Å²) in [5.74, 6) is 0.